The van der Waals surface area contributed by atoms with Gasteiger partial charge in [-0.15, -0.1) is 0 Å². The van der Waals surface area contributed by atoms with Gasteiger partial charge in [-0.05, 0) is 35.8 Å². The molecule has 10 atom stereocenters. The normalized spacial score (nSPS) is 31.2. The van der Waals surface area contributed by atoms with E-state index in [2.05, 4.69) is 59.8 Å². The first kappa shape index (κ1) is 41.1. The molecule has 5 rings (SSSR count). The third-order valence-electron chi connectivity index (χ3n) is 11.6. The van der Waals surface area contributed by atoms with Crippen molar-refractivity contribution in [2.45, 2.75) is 140 Å². The average molecular weight is 745 g/mol. The Morgan fingerprint density at radius 3 is 2.27 bits per heavy atom. The van der Waals surface area contributed by atoms with Gasteiger partial charge in [0.15, 0.2) is 31.9 Å². The van der Waals surface area contributed by atoms with Gasteiger partial charge in [-0.2, -0.15) is 0 Å². The molecule has 3 fully saturated rings. The molecular formula is C41H64O10Si. The highest BCUT2D eigenvalue weighted by atomic mass is 28.4. The molecule has 3 saturated heterocycles. The summed E-state index contributed by atoms with van der Waals surface area (Å²) >= 11 is 0. The zero-order chi connectivity index (χ0) is 37.7. The summed E-state index contributed by atoms with van der Waals surface area (Å²) in [6.45, 7) is 17.0. The van der Waals surface area contributed by atoms with Gasteiger partial charge in [0.1, 0.15) is 0 Å². The van der Waals surface area contributed by atoms with Gasteiger partial charge >= 0.3 is 0 Å². The minimum atomic E-state index is -2.10. The number of rotatable bonds is 14. The van der Waals surface area contributed by atoms with Crippen molar-refractivity contribution in [1.29, 1.82) is 0 Å². The summed E-state index contributed by atoms with van der Waals surface area (Å²) < 4.78 is 56.8. The number of hydrogen-bond donors (Lipinski definition) is 1. The highest BCUT2D eigenvalue weighted by Gasteiger charge is 2.52. The van der Waals surface area contributed by atoms with Crippen molar-refractivity contribution in [3.8, 4) is 11.5 Å². The molecule has 3 aliphatic rings. The second-order valence-corrected chi connectivity index (χ2v) is 21.4. The molecule has 2 aromatic rings. The van der Waals surface area contributed by atoms with Crippen LogP contribution in [-0.2, 0) is 39.5 Å². The lowest BCUT2D eigenvalue weighted by Crippen LogP contribution is -2.58. The van der Waals surface area contributed by atoms with Crippen LogP contribution in [0.4, 0.5) is 0 Å². The summed E-state index contributed by atoms with van der Waals surface area (Å²) in [5.74, 6) is 0.224. The summed E-state index contributed by atoms with van der Waals surface area (Å²) in [4.78, 5) is 0. The van der Waals surface area contributed by atoms with E-state index in [9.17, 15) is 5.11 Å². The largest absolute Gasteiger partial charge is 0.493 e. The first-order valence-electron chi connectivity index (χ1n) is 19.0. The van der Waals surface area contributed by atoms with Crippen LogP contribution in [0, 0.1) is 11.8 Å². The monoisotopic (exact) mass is 744 g/mol. The lowest BCUT2D eigenvalue weighted by molar-refractivity contribution is -0.345. The molecule has 3 aliphatic heterocycles. The lowest BCUT2D eigenvalue weighted by Gasteiger charge is -2.52. The first-order valence-corrected chi connectivity index (χ1v) is 21.9. The van der Waals surface area contributed by atoms with E-state index < -0.39 is 26.5 Å². The highest BCUT2D eigenvalue weighted by Crippen LogP contribution is 2.46. The van der Waals surface area contributed by atoms with Crippen molar-refractivity contribution < 1.29 is 47.4 Å². The van der Waals surface area contributed by atoms with Gasteiger partial charge in [-0.3, -0.25) is 0 Å². The van der Waals surface area contributed by atoms with Crippen LogP contribution in [0.1, 0.15) is 84.1 Å². The smallest absolute Gasteiger partial charge is 0.192 e. The van der Waals surface area contributed by atoms with E-state index in [1.54, 1.807) is 21.3 Å². The molecule has 3 heterocycles. The molecule has 1 unspecified atom stereocenters. The fraction of sp³-hybridized carbons (Fsp3) is 0.707. The number of benzene rings is 2. The van der Waals surface area contributed by atoms with E-state index in [4.69, 9.17) is 42.3 Å². The first-order chi connectivity index (χ1) is 24.7. The van der Waals surface area contributed by atoms with Gasteiger partial charge in [0.05, 0.1) is 70.7 Å². The molecule has 0 amide bonds. The van der Waals surface area contributed by atoms with Gasteiger partial charge in [0.25, 0.3) is 0 Å². The number of aliphatic hydroxyl groups is 1. The summed E-state index contributed by atoms with van der Waals surface area (Å²) in [6.07, 6.45) is 0.843. The van der Waals surface area contributed by atoms with Gasteiger partial charge in [-0.1, -0.05) is 71.0 Å². The average Bonchev–Trinajstić information content (AvgIpc) is 3.10. The second-order valence-electron chi connectivity index (χ2n) is 16.6. The van der Waals surface area contributed by atoms with Crippen LogP contribution in [0.25, 0.3) is 0 Å². The Morgan fingerprint density at radius 2 is 1.60 bits per heavy atom. The Balaban J connectivity index is 1.29. The summed E-state index contributed by atoms with van der Waals surface area (Å²) in [7, 11) is 2.87. The Hall–Kier alpha value is -2.06. The van der Waals surface area contributed by atoms with E-state index in [1.807, 2.05) is 36.4 Å². The van der Waals surface area contributed by atoms with Crippen molar-refractivity contribution in [2.75, 3.05) is 34.5 Å². The number of methoxy groups -OCH3 is 3. The maximum absolute atomic E-state index is 11.8. The lowest BCUT2D eigenvalue weighted by atomic mass is 9.84. The third-order valence-corrected chi connectivity index (χ3v) is 16.1. The van der Waals surface area contributed by atoms with Crippen molar-refractivity contribution in [2.24, 2.45) is 11.8 Å². The maximum atomic E-state index is 11.8. The van der Waals surface area contributed by atoms with E-state index in [-0.39, 0.29) is 47.4 Å². The molecule has 10 nitrogen and oxygen atoms in total. The Labute approximate surface area is 312 Å². The molecule has 0 bridgehead atoms. The fourth-order valence-electron chi connectivity index (χ4n) is 7.62. The van der Waals surface area contributed by atoms with Crippen LogP contribution in [0.2, 0.25) is 18.1 Å². The minimum Gasteiger partial charge on any atom is -0.493 e. The van der Waals surface area contributed by atoms with E-state index in [0.717, 1.165) is 17.5 Å². The molecule has 52 heavy (non-hydrogen) atoms. The molecule has 2 aromatic carbocycles. The van der Waals surface area contributed by atoms with Crippen LogP contribution >= 0.6 is 0 Å². The molecule has 0 radical (unpaired) electrons. The predicted molar refractivity (Wildman–Crippen MR) is 202 cm³/mol. The van der Waals surface area contributed by atoms with Gasteiger partial charge in [0, 0.05) is 56.6 Å². The van der Waals surface area contributed by atoms with Crippen molar-refractivity contribution in [1.82, 2.24) is 0 Å². The summed E-state index contributed by atoms with van der Waals surface area (Å²) in [5, 5.41) is 11.9. The second kappa shape index (κ2) is 17.6. The molecule has 11 heteroatoms. The maximum Gasteiger partial charge on any atom is 0.192 e. The topological polar surface area (TPSA) is 103 Å². The Morgan fingerprint density at radius 1 is 0.923 bits per heavy atom. The van der Waals surface area contributed by atoms with Crippen LogP contribution in [0.5, 0.6) is 11.5 Å². The molecule has 0 saturated carbocycles. The molecule has 292 valence electrons. The molecule has 0 aliphatic carbocycles. The number of ether oxygens (including phenoxy) is 8. The number of aliphatic hydroxyl groups excluding tert-OH is 1. The Bertz CT molecular complexity index is 1400. The SMILES string of the molecule is COc1ccc(C2OC[C@@H](C)[C@@H]([C@H](C)[C@H](O)C[C@@H]3C[C@H](OC)C[C@@]4(C[C@@H](O[Si](C)(C)C(C)(C)C)C[C@H](COCc5ccccc5)O4)O3)O2)cc1OC. The quantitative estimate of drug-likeness (QED) is 0.193. The molecular weight excluding hydrogens is 681 g/mol. The zero-order valence-corrected chi connectivity index (χ0v) is 34.1. The highest BCUT2D eigenvalue weighted by molar-refractivity contribution is 6.74. The standard InChI is InChI=1S/C41H64O10Si/c1-27-24-47-39(30-16-17-36(44-7)37(18-30)45-8)48-38(27)28(2)35(42)21-31-19-32(43-6)22-41(49-31)23-33(51-52(9,10)40(3,4)5)20-34(50-41)26-46-25-29-14-12-11-13-15-29/h11-18,27-28,31-35,38-39,42H,19-26H2,1-10H3/t27-,28-,31+,32+,33+,34-,35-,38+,39?,41-/m1/s1. The predicted octanol–water partition coefficient (Wildman–Crippen LogP) is 7.82. The van der Waals surface area contributed by atoms with Gasteiger partial charge in [-0.25, -0.2) is 0 Å². The van der Waals surface area contributed by atoms with Crippen molar-refractivity contribution in [3.63, 3.8) is 0 Å². The molecule has 1 spiro atoms. The van der Waals surface area contributed by atoms with E-state index in [1.165, 1.54) is 0 Å². The summed E-state index contributed by atoms with van der Waals surface area (Å²) in [5.41, 5.74) is 1.96. The van der Waals surface area contributed by atoms with Crippen molar-refractivity contribution >= 4 is 8.32 Å². The van der Waals surface area contributed by atoms with E-state index >= 15 is 0 Å². The molecule has 0 aromatic heterocycles. The fourth-order valence-corrected chi connectivity index (χ4v) is 8.98. The van der Waals surface area contributed by atoms with Crippen LogP contribution in [0.3, 0.4) is 0 Å². The van der Waals surface area contributed by atoms with Crippen LogP contribution in [0.15, 0.2) is 48.5 Å². The Kier molecular flexibility index (Phi) is 13.9. The molecule has 1 N–H and O–H groups in total. The van der Waals surface area contributed by atoms with Crippen LogP contribution < -0.4 is 9.47 Å². The minimum absolute atomic E-state index is 0.0509. The van der Waals surface area contributed by atoms with E-state index in [0.29, 0.717) is 57.0 Å². The van der Waals surface area contributed by atoms with Crippen molar-refractivity contribution in [3.05, 3.63) is 59.7 Å². The zero-order valence-electron chi connectivity index (χ0n) is 33.1. The third kappa shape index (κ3) is 10.2. The summed E-state index contributed by atoms with van der Waals surface area (Å²) in [6, 6.07) is 15.8. The van der Waals surface area contributed by atoms with Gasteiger partial charge < -0.3 is 47.4 Å². The van der Waals surface area contributed by atoms with Crippen LogP contribution in [-0.4, -0.2) is 90.4 Å². The van der Waals surface area contributed by atoms with Gasteiger partial charge in [0.2, 0.25) is 0 Å². The number of hydrogen-bond acceptors (Lipinski definition) is 10.